The van der Waals surface area contributed by atoms with Gasteiger partial charge in [-0.15, -0.1) is 0 Å². The van der Waals surface area contributed by atoms with Gasteiger partial charge in [-0.2, -0.15) is 0 Å². The highest BCUT2D eigenvalue weighted by molar-refractivity contribution is 6.83. The monoisotopic (exact) mass is 190 g/mol. The van der Waals surface area contributed by atoms with Crippen molar-refractivity contribution >= 4 is 13.6 Å². The topological polar surface area (TPSA) is 0 Å². The zero-order valence-electron chi connectivity index (χ0n) is 6.87. The first-order valence-electron chi connectivity index (χ1n) is 3.55. The van der Waals surface area contributed by atoms with Crippen LogP contribution in [0.25, 0.3) is 0 Å². The zero-order valence-corrected chi connectivity index (χ0v) is 7.87. The number of benzene rings is 1. The Kier molecular flexibility index (Phi) is 2.28. The lowest BCUT2D eigenvalue weighted by Crippen LogP contribution is -2.36. The molecule has 0 amide bonds. The van der Waals surface area contributed by atoms with Crippen molar-refractivity contribution in [3.8, 4) is 0 Å². The molecule has 1 aromatic rings. The summed E-state index contributed by atoms with van der Waals surface area (Å²) in [6.07, 6.45) is 0. The highest BCUT2D eigenvalue weighted by Crippen LogP contribution is 2.08. The van der Waals surface area contributed by atoms with E-state index in [4.69, 9.17) is 0 Å². The Morgan fingerprint density at radius 1 is 1.08 bits per heavy atom. The van der Waals surface area contributed by atoms with Crippen molar-refractivity contribution < 1.29 is 12.9 Å². The molecule has 0 aliphatic heterocycles. The lowest BCUT2D eigenvalue weighted by atomic mass is 10.3. The maximum Gasteiger partial charge on any atom is 0.271 e. The summed E-state index contributed by atoms with van der Waals surface area (Å²) in [5, 5.41) is 0.279. The van der Waals surface area contributed by atoms with E-state index in [1.54, 1.807) is 0 Å². The van der Waals surface area contributed by atoms with Crippen molar-refractivity contribution in [2.75, 3.05) is 0 Å². The van der Waals surface area contributed by atoms with Crippen LogP contribution in [0, 0.1) is 11.6 Å². The van der Waals surface area contributed by atoms with E-state index in [2.05, 4.69) is 0 Å². The molecular formula is C8H9F3Si. The molecule has 0 radical (unpaired) electrons. The molecule has 0 saturated heterocycles. The van der Waals surface area contributed by atoms with Gasteiger partial charge in [-0.25, -0.2) is 8.78 Å². The quantitative estimate of drug-likeness (QED) is 0.471. The molecule has 0 spiro atoms. The first-order valence-corrected chi connectivity index (χ1v) is 6.43. The van der Waals surface area contributed by atoms with Gasteiger partial charge in [0.15, 0.2) is 11.6 Å². The first-order chi connectivity index (χ1) is 5.41. The van der Waals surface area contributed by atoms with Crippen LogP contribution in [0.4, 0.5) is 12.9 Å². The zero-order chi connectivity index (χ0) is 9.35. The second-order valence-electron chi connectivity index (χ2n) is 3.10. The van der Waals surface area contributed by atoms with Crippen LogP contribution in [0.5, 0.6) is 0 Å². The van der Waals surface area contributed by atoms with E-state index < -0.39 is 20.0 Å². The lowest BCUT2D eigenvalue weighted by molar-refractivity contribution is 0.509. The van der Waals surface area contributed by atoms with Gasteiger partial charge in [-0.05, 0) is 30.4 Å². The van der Waals surface area contributed by atoms with Crippen LogP contribution >= 0.6 is 0 Å². The standard InChI is InChI=1S/C8H9F3Si/c1-12(2,11)6-3-4-7(9)8(10)5-6/h3-5H,1-2H3. The van der Waals surface area contributed by atoms with Gasteiger partial charge >= 0.3 is 0 Å². The van der Waals surface area contributed by atoms with Crippen molar-refractivity contribution in [3.05, 3.63) is 29.8 Å². The Morgan fingerprint density at radius 3 is 2.08 bits per heavy atom. The van der Waals surface area contributed by atoms with E-state index in [1.807, 2.05) is 0 Å². The molecule has 0 bridgehead atoms. The summed E-state index contributed by atoms with van der Waals surface area (Å²) in [5.41, 5.74) is 0. The summed E-state index contributed by atoms with van der Waals surface area (Å²) in [7, 11) is -2.99. The number of hydrogen-bond donors (Lipinski definition) is 0. The minimum absolute atomic E-state index is 0.279. The van der Waals surface area contributed by atoms with Crippen molar-refractivity contribution in [1.29, 1.82) is 0 Å². The molecule has 0 unspecified atom stereocenters. The molecule has 0 heterocycles. The van der Waals surface area contributed by atoms with Gasteiger partial charge in [0.05, 0.1) is 0 Å². The smallest absolute Gasteiger partial charge is 0.271 e. The van der Waals surface area contributed by atoms with Crippen LogP contribution in [-0.4, -0.2) is 8.41 Å². The molecule has 0 N–H and O–H groups in total. The molecule has 0 nitrogen and oxygen atoms in total. The second-order valence-corrected chi connectivity index (χ2v) is 6.62. The largest absolute Gasteiger partial charge is 0.308 e. The maximum atomic E-state index is 13.3. The van der Waals surface area contributed by atoms with Gasteiger partial charge in [-0.1, -0.05) is 6.07 Å². The Bertz CT molecular complexity index is 291. The minimum atomic E-state index is -2.99. The van der Waals surface area contributed by atoms with E-state index in [0.29, 0.717) is 0 Å². The SMILES string of the molecule is C[Si](C)(F)c1ccc(F)c(F)c1. The van der Waals surface area contributed by atoms with Crippen LogP contribution in [0.2, 0.25) is 13.1 Å². The molecule has 0 saturated carbocycles. The average Bonchev–Trinajstić information content (AvgIpc) is 1.92. The van der Waals surface area contributed by atoms with Crippen LogP contribution in [0.1, 0.15) is 0 Å². The summed E-state index contributed by atoms with van der Waals surface area (Å²) in [6.45, 7) is 2.86. The van der Waals surface area contributed by atoms with Crippen LogP contribution < -0.4 is 5.19 Å². The van der Waals surface area contributed by atoms with E-state index >= 15 is 0 Å². The third-order valence-electron chi connectivity index (χ3n) is 1.61. The number of rotatable bonds is 1. The highest BCUT2D eigenvalue weighted by Gasteiger charge is 2.24. The summed E-state index contributed by atoms with van der Waals surface area (Å²) < 4.78 is 38.3. The molecule has 12 heavy (non-hydrogen) atoms. The third kappa shape index (κ3) is 1.88. The molecule has 0 atom stereocenters. The van der Waals surface area contributed by atoms with Gasteiger partial charge < -0.3 is 4.11 Å². The summed E-state index contributed by atoms with van der Waals surface area (Å²) in [5.74, 6) is -1.91. The van der Waals surface area contributed by atoms with E-state index in [-0.39, 0.29) is 5.19 Å². The summed E-state index contributed by atoms with van der Waals surface area (Å²) >= 11 is 0. The van der Waals surface area contributed by atoms with Gasteiger partial charge in [0.25, 0.3) is 8.41 Å². The van der Waals surface area contributed by atoms with Crippen LogP contribution in [0.15, 0.2) is 18.2 Å². The van der Waals surface area contributed by atoms with Gasteiger partial charge in [-0.3, -0.25) is 0 Å². The summed E-state index contributed by atoms with van der Waals surface area (Å²) in [4.78, 5) is 0. The van der Waals surface area contributed by atoms with Gasteiger partial charge in [0.2, 0.25) is 0 Å². The second kappa shape index (κ2) is 2.93. The van der Waals surface area contributed by atoms with Crippen molar-refractivity contribution in [3.63, 3.8) is 0 Å². The highest BCUT2D eigenvalue weighted by atomic mass is 28.4. The van der Waals surface area contributed by atoms with Crippen molar-refractivity contribution in [2.24, 2.45) is 0 Å². The molecule has 0 aliphatic rings. The van der Waals surface area contributed by atoms with E-state index in [0.717, 1.165) is 12.1 Å². The minimum Gasteiger partial charge on any atom is -0.308 e. The maximum absolute atomic E-state index is 13.3. The van der Waals surface area contributed by atoms with Crippen LogP contribution in [0.3, 0.4) is 0 Å². The molecule has 0 fully saturated rings. The van der Waals surface area contributed by atoms with Crippen molar-refractivity contribution in [2.45, 2.75) is 13.1 Å². The Balaban J connectivity index is 3.14. The number of hydrogen-bond acceptors (Lipinski definition) is 0. The molecule has 1 rings (SSSR count). The van der Waals surface area contributed by atoms with Crippen LogP contribution in [-0.2, 0) is 0 Å². The normalized spacial score (nSPS) is 11.8. The molecule has 66 valence electrons. The van der Waals surface area contributed by atoms with Gasteiger partial charge in [0, 0.05) is 0 Å². The molecule has 0 aromatic heterocycles. The average molecular weight is 190 g/mol. The number of halogens is 3. The Morgan fingerprint density at radius 2 is 1.67 bits per heavy atom. The lowest BCUT2D eigenvalue weighted by Gasteiger charge is -2.10. The van der Waals surface area contributed by atoms with Crippen molar-refractivity contribution in [1.82, 2.24) is 0 Å². The Labute approximate surface area is 70.2 Å². The molecule has 0 aliphatic carbocycles. The van der Waals surface area contributed by atoms with Gasteiger partial charge in [0.1, 0.15) is 0 Å². The van der Waals surface area contributed by atoms with E-state index in [9.17, 15) is 12.9 Å². The Hall–Kier alpha value is -0.773. The van der Waals surface area contributed by atoms with E-state index in [1.165, 1.54) is 19.2 Å². The molecule has 1 aromatic carbocycles. The predicted molar refractivity (Wildman–Crippen MR) is 44.6 cm³/mol. The fourth-order valence-electron chi connectivity index (χ4n) is 0.866. The summed E-state index contributed by atoms with van der Waals surface area (Å²) in [6, 6.07) is 3.19. The predicted octanol–water partition coefficient (Wildman–Crippen LogP) is 2.35. The molecule has 4 heteroatoms. The molecular weight excluding hydrogens is 181 g/mol. The fraction of sp³-hybridized carbons (Fsp3) is 0.250. The first kappa shape index (κ1) is 9.32. The third-order valence-corrected chi connectivity index (χ3v) is 3.29. The fourth-order valence-corrected chi connectivity index (χ4v) is 1.82.